The summed E-state index contributed by atoms with van der Waals surface area (Å²) in [7, 11) is -0.276. The van der Waals surface area contributed by atoms with Crippen molar-refractivity contribution in [2.75, 3.05) is 0 Å². The zero-order valence-electron chi connectivity index (χ0n) is 21.5. The molecule has 0 atom stereocenters. The second-order valence-corrected chi connectivity index (χ2v) is 12.7. The van der Waals surface area contributed by atoms with Crippen LogP contribution in [0.1, 0.15) is 104 Å². The highest BCUT2D eigenvalue weighted by Crippen LogP contribution is 2.42. The maximum Gasteiger partial charge on any atom is 0.505 e. The standard InChI is InChI=1S/C28H41BO2S2/c1-7-9-11-13-15-20-21(16-14-12-10-8-2)26-23(22-17-18-32-25(20)22)19-24(33-26)29-30-27(3,4)28(5,6)31-29/h17-19H,7-16H2,1-6H3. The van der Waals surface area contributed by atoms with Crippen LogP contribution in [0.2, 0.25) is 0 Å². The molecule has 5 heteroatoms. The van der Waals surface area contributed by atoms with E-state index in [-0.39, 0.29) is 18.3 Å². The molecule has 1 aliphatic rings. The van der Waals surface area contributed by atoms with Crippen LogP contribution in [0, 0.1) is 0 Å². The summed E-state index contributed by atoms with van der Waals surface area (Å²) in [4.78, 5) is 0. The van der Waals surface area contributed by atoms with Crippen LogP contribution in [-0.2, 0) is 22.2 Å². The molecule has 4 rings (SSSR count). The van der Waals surface area contributed by atoms with Gasteiger partial charge < -0.3 is 9.31 Å². The highest BCUT2D eigenvalue weighted by molar-refractivity contribution is 7.28. The molecule has 1 fully saturated rings. The molecule has 0 radical (unpaired) electrons. The van der Waals surface area contributed by atoms with Gasteiger partial charge in [0.2, 0.25) is 0 Å². The van der Waals surface area contributed by atoms with Gasteiger partial charge in [0.05, 0.1) is 11.2 Å². The Morgan fingerprint density at radius 2 is 1.33 bits per heavy atom. The number of unbranched alkanes of at least 4 members (excludes halogenated alkanes) is 6. The fourth-order valence-electron chi connectivity index (χ4n) is 4.92. The summed E-state index contributed by atoms with van der Waals surface area (Å²) in [5, 5.41) is 5.12. The maximum atomic E-state index is 6.44. The molecule has 33 heavy (non-hydrogen) atoms. The minimum Gasteiger partial charge on any atom is -0.399 e. The van der Waals surface area contributed by atoms with E-state index in [1.54, 1.807) is 11.1 Å². The van der Waals surface area contributed by atoms with Crippen molar-refractivity contribution in [2.45, 2.75) is 117 Å². The molecule has 180 valence electrons. The summed E-state index contributed by atoms with van der Waals surface area (Å²) in [5.41, 5.74) is 2.63. The van der Waals surface area contributed by atoms with E-state index in [4.69, 9.17) is 9.31 Å². The van der Waals surface area contributed by atoms with Crippen LogP contribution < -0.4 is 4.78 Å². The molecule has 0 bridgehead atoms. The molecule has 3 heterocycles. The summed E-state index contributed by atoms with van der Waals surface area (Å²) < 4.78 is 17.1. The third-order valence-electron chi connectivity index (χ3n) is 7.67. The molecule has 0 unspecified atom stereocenters. The zero-order chi connectivity index (χ0) is 23.6. The first-order valence-corrected chi connectivity index (χ1v) is 14.8. The minimum atomic E-state index is -0.307. The summed E-state index contributed by atoms with van der Waals surface area (Å²) in [6, 6.07) is 4.70. The van der Waals surface area contributed by atoms with Crippen molar-refractivity contribution in [1.82, 2.24) is 0 Å². The lowest BCUT2D eigenvalue weighted by Crippen LogP contribution is -2.41. The molecule has 3 aromatic rings. The van der Waals surface area contributed by atoms with E-state index < -0.39 is 0 Å². The van der Waals surface area contributed by atoms with Gasteiger partial charge in [-0.05, 0) is 82.0 Å². The van der Waals surface area contributed by atoms with E-state index in [2.05, 4.69) is 59.1 Å². The number of hydrogen-bond acceptors (Lipinski definition) is 4. The summed E-state index contributed by atoms with van der Waals surface area (Å²) in [6.07, 6.45) is 12.9. The molecule has 1 saturated heterocycles. The normalized spacial score (nSPS) is 17.6. The third kappa shape index (κ3) is 5.08. The van der Waals surface area contributed by atoms with Crippen LogP contribution >= 0.6 is 22.7 Å². The Morgan fingerprint density at radius 1 is 0.758 bits per heavy atom. The van der Waals surface area contributed by atoms with Crippen molar-refractivity contribution in [2.24, 2.45) is 0 Å². The Hall–Kier alpha value is -0.875. The first-order chi connectivity index (χ1) is 15.8. The monoisotopic (exact) mass is 484 g/mol. The van der Waals surface area contributed by atoms with E-state index in [0.29, 0.717) is 0 Å². The van der Waals surface area contributed by atoms with Crippen molar-refractivity contribution in [3.63, 3.8) is 0 Å². The van der Waals surface area contributed by atoms with E-state index in [1.165, 1.54) is 89.2 Å². The van der Waals surface area contributed by atoms with Crippen LogP contribution in [-0.4, -0.2) is 18.3 Å². The topological polar surface area (TPSA) is 18.5 Å². The fourth-order valence-corrected chi connectivity index (χ4v) is 7.17. The molecule has 1 aliphatic heterocycles. The van der Waals surface area contributed by atoms with Crippen LogP contribution in [0.5, 0.6) is 0 Å². The van der Waals surface area contributed by atoms with Gasteiger partial charge in [0.15, 0.2) is 0 Å². The lowest BCUT2D eigenvalue weighted by molar-refractivity contribution is 0.00578. The largest absolute Gasteiger partial charge is 0.505 e. The van der Waals surface area contributed by atoms with E-state index in [9.17, 15) is 0 Å². The van der Waals surface area contributed by atoms with Gasteiger partial charge in [-0.3, -0.25) is 0 Å². The molecule has 0 aliphatic carbocycles. The summed E-state index contributed by atoms with van der Waals surface area (Å²) >= 11 is 3.85. The average Bonchev–Trinajstić information content (AvgIpc) is 3.45. The minimum absolute atomic E-state index is 0.276. The molecular weight excluding hydrogens is 443 g/mol. The van der Waals surface area contributed by atoms with Gasteiger partial charge in [-0.15, -0.1) is 22.7 Å². The van der Waals surface area contributed by atoms with Crippen molar-refractivity contribution in [3.8, 4) is 0 Å². The number of thiophene rings is 2. The Morgan fingerprint density at radius 3 is 1.91 bits per heavy atom. The van der Waals surface area contributed by atoms with Crippen LogP contribution in [0.4, 0.5) is 0 Å². The predicted octanol–water partition coefficient (Wildman–Crippen LogP) is 8.66. The van der Waals surface area contributed by atoms with Crippen LogP contribution in [0.25, 0.3) is 20.2 Å². The highest BCUT2D eigenvalue weighted by atomic mass is 32.1. The zero-order valence-corrected chi connectivity index (χ0v) is 23.1. The average molecular weight is 485 g/mol. The van der Waals surface area contributed by atoms with Gasteiger partial charge in [0, 0.05) is 24.9 Å². The molecular formula is C28H41BO2S2. The van der Waals surface area contributed by atoms with Crippen molar-refractivity contribution in [3.05, 3.63) is 28.6 Å². The van der Waals surface area contributed by atoms with Gasteiger partial charge in [-0.2, -0.15) is 0 Å². The van der Waals surface area contributed by atoms with Gasteiger partial charge in [0.25, 0.3) is 0 Å². The fraction of sp³-hybridized carbons (Fsp3) is 0.643. The number of aryl methyl sites for hydroxylation is 2. The Bertz CT molecular complexity index is 1060. The van der Waals surface area contributed by atoms with Crippen LogP contribution in [0.3, 0.4) is 0 Å². The second kappa shape index (κ2) is 10.4. The first kappa shape index (κ1) is 25.2. The molecule has 0 N–H and O–H groups in total. The molecule has 2 nitrogen and oxygen atoms in total. The Balaban J connectivity index is 1.76. The summed E-state index contributed by atoms with van der Waals surface area (Å²) in [5.74, 6) is 0. The lowest BCUT2D eigenvalue weighted by atomic mass is 9.87. The molecule has 0 spiro atoms. The quantitative estimate of drug-likeness (QED) is 0.200. The van der Waals surface area contributed by atoms with Gasteiger partial charge in [0.1, 0.15) is 0 Å². The molecule has 0 saturated carbocycles. The number of hydrogen-bond donors (Lipinski definition) is 0. The van der Waals surface area contributed by atoms with Crippen molar-refractivity contribution in [1.29, 1.82) is 0 Å². The predicted molar refractivity (Wildman–Crippen MR) is 149 cm³/mol. The smallest absolute Gasteiger partial charge is 0.399 e. The van der Waals surface area contributed by atoms with Crippen molar-refractivity contribution < 1.29 is 9.31 Å². The van der Waals surface area contributed by atoms with E-state index in [1.807, 2.05) is 22.7 Å². The Labute approximate surface area is 209 Å². The molecule has 2 aromatic heterocycles. The van der Waals surface area contributed by atoms with Crippen molar-refractivity contribution >= 4 is 54.7 Å². The van der Waals surface area contributed by atoms with E-state index in [0.717, 1.165) is 0 Å². The third-order valence-corrected chi connectivity index (χ3v) is 9.86. The lowest BCUT2D eigenvalue weighted by Gasteiger charge is -2.32. The summed E-state index contributed by atoms with van der Waals surface area (Å²) in [6.45, 7) is 13.2. The Kier molecular flexibility index (Phi) is 7.95. The maximum absolute atomic E-state index is 6.44. The second-order valence-electron chi connectivity index (χ2n) is 10.7. The highest BCUT2D eigenvalue weighted by Gasteiger charge is 2.52. The molecule has 0 amide bonds. The SMILES string of the molecule is CCCCCCc1c(CCCCCC)c2sc(B3OC(C)(C)C(C)(C)O3)cc2c2ccsc12. The first-order valence-electron chi connectivity index (χ1n) is 13.1. The van der Waals surface area contributed by atoms with Gasteiger partial charge >= 0.3 is 7.12 Å². The van der Waals surface area contributed by atoms with E-state index >= 15 is 0 Å². The van der Waals surface area contributed by atoms with Crippen LogP contribution in [0.15, 0.2) is 17.5 Å². The van der Waals surface area contributed by atoms with Gasteiger partial charge in [-0.1, -0.05) is 52.4 Å². The van der Waals surface area contributed by atoms with Gasteiger partial charge in [-0.25, -0.2) is 0 Å². The number of fused-ring (bicyclic) bond motifs is 3. The number of rotatable bonds is 11. The molecule has 1 aromatic carbocycles. The number of benzene rings is 1.